The average Bonchev–Trinajstić information content (AvgIpc) is 2.50. The summed E-state index contributed by atoms with van der Waals surface area (Å²) in [6, 6.07) is 13.5. The zero-order valence-electron chi connectivity index (χ0n) is 13.1. The van der Waals surface area contributed by atoms with Crippen molar-refractivity contribution < 1.29 is 9.47 Å². The van der Waals surface area contributed by atoms with E-state index >= 15 is 0 Å². The van der Waals surface area contributed by atoms with Crippen LogP contribution < -0.4 is 20.1 Å². The Kier molecular flexibility index (Phi) is 6.67. The molecule has 0 unspecified atom stereocenters. The Hall–Kier alpha value is -1.79. The second-order valence-corrected chi connectivity index (χ2v) is 5.94. The molecule has 0 aliphatic carbocycles. The van der Waals surface area contributed by atoms with Crippen molar-refractivity contribution in [1.82, 2.24) is 0 Å². The minimum atomic E-state index is 0.509. The predicted octanol–water partition coefficient (Wildman–Crippen LogP) is 5.06. The molecule has 0 atom stereocenters. The summed E-state index contributed by atoms with van der Waals surface area (Å²) < 4.78 is 12.2. The van der Waals surface area contributed by atoms with Crippen molar-refractivity contribution in [3.8, 4) is 11.5 Å². The van der Waals surface area contributed by atoms with Crippen LogP contribution in [0.5, 0.6) is 11.5 Å². The zero-order valence-corrected chi connectivity index (χ0v) is 15.5. The fourth-order valence-electron chi connectivity index (χ4n) is 1.99. The average molecular weight is 395 g/mol. The van der Waals surface area contributed by atoms with Crippen LogP contribution in [0.2, 0.25) is 0 Å². The molecule has 0 spiro atoms. The van der Waals surface area contributed by atoms with E-state index in [1.54, 1.807) is 0 Å². The van der Waals surface area contributed by atoms with Crippen molar-refractivity contribution in [2.45, 2.75) is 13.8 Å². The molecule has 0 saturated heterocycles. The van der Waals surface area contributed by atoms with E-state index in [-0.39, 0.29) is 0 Å². The normalized spacial score (nSPS) is 10.0. The molecule has 0 heterocycles. The Balaban J connectivity index is 2.06. The van der Waals surface area contributed by atoms with Crippen molar-refractivity contribution in [2.75, 3.05) is 23.8 Å². The second-order valence-electron chi connectivity index (χ2n) is 4.62. The number of hydrogen-bond donors (Lipinski definition) is 2. The monoisotopic (exact) mass is 394 g/mol. The van der Waals surface area contributed by atoms with Crippen LogP contribution in [0.25, 0.3) is 0 Å². The summed E-state index contributed by atoms with van der Waals surface area (Å²) in [6.07, 6.45) is 0. The molecular weight excluding hydrogens is 376 g/mol. The van der Waals surface area contributed by atoms with Crippen LogP contribution in [-0.2, 0) is 0 Å². The topological polar surface area (TPSA) is 42.5 Å². The van der Waals surface area contributed by atoms with Gasteiger partial charge in [-0.05, 0) is 56.4 Å². The van der Waals surface area contributed by atoms with Crippen LogP contribution in [0.1, 0.15) is 13.8 Å². The van der Waals surface area contributed by atoms with Gasteiger partial charge in [0.2, 0.25) is 0 Å². The molecule has 0 aliphatic heterocycles. The van der Waals surface area contributed by atoms with E-state index in [1.165, 1.54) is 0 Å². The van der Waals surface area contributed by atoms with Crippen LogP contribution in [0.15, 0.2) is 46.9 Å². The number of rotatable bonds is 6. The molecule has 0 aromatic heterocycles. The highest BCUT2D eigenvalue weighted by Crippen LogP contribution is 2.30. The third-order valence-corrected chi connectivity index (χ3v) is 3.58. The number of thiocarbonyl (C=S) groups is 1. The van der Waals surface area contributed by atoms with Crippen molar-refractivity contribution >= 4 is 44.6 Å². The van der Waals surface area contributed by atoms with Crippen molar-refractivity contribution in [1.29, 1.82) is 0 Å². The van der Waals surface area contributed by atoms with Gasteiger partial charge in [0, 0.05) is 21.9 Å². The number of anilines is 2. The van der Waals surface area contributed by atoms with E-state index in [1.807, 2.05) is 56.3 Å². The van der Waals surface area contributed by atoms with Crippen LogP contribution in [0.3, 0.4) is 0 Å². The number of ether oxygens (including phenoxy) is 2. The lowest BCUT2D eigenvalue weighted by Crippen LogP contribution is -2.19. The van der Waals surface area contributed by atoms with E-state index in [0.29, 0.717) is 24.1 Å². The SMILES string of the molecule is CCOc1ccc(NC(=S)Nc2cccc(Br)c2)cc1OCC. The van der Waals surface area contributed by atoms with Gasteiger partial charge >= 0.3 is 0 Å². The summed E-state index contributed by atoms with van der Waals surface area (Å²) in [5.74, 6) is 1.43. The Labute approximate surface area is 150 Å². The lowest BCUT2D eigenvalue weighted by atomic mass is 10.2. The zero-order chi connectivity index (χ0) is 16.7. The molecule has 2 aromatic carbocycles. The fraction of sp³-hybridized carbons (Fsp3) is 0.235. The molecule has 2 rings (SSSR count). The maximum atomic E-state index is 5.61. The molecule has 0 bridgehead atoms. The Morgan fingerprint density at radius 2 is 1.61 bits per heavy atom. The Morgan fingerprint density at radius 3 is 2.26 bits per heavy atom. The molecule has 2 aromatic rings. The molecule has 0 aliphatic rings. The third-order valence-electron chi connectivity index (χ3n) is 2.88. The first kappa shape index (κ1) is 17.6. The third kappa shape index (κ3) is 5.41. The van der Waals surface area contributed by atoms with Gasteiger partial charge in [-0.1, -0.05) is 22.0 Å². The number of benzene rings is 2. The van der Waals surface area contributed by atoms with Gasteiger partial charge in [0.15, 0.2) is 16.6 Å². The van der Waals surface area contributed by atoms with E-state index in [9.17, 15) is 0 Å². The molecule has 23 heavy (non-hydrogen) atoms. The van der Waals surface area contributed by atoms with Gasteiger partial charge < -0.3 is 20.1 Å². The fourth-order valence-corrected chi connectivity index (χ4v) is 2.62. The van der Waals surface area contributed by atoms with Crippen molar-refractivity contribution in [3.05, 3.63) is 46.9 Å². The minimum absolute atomic E-state index is 0.509. The smallest absolute Gasteiger partial charge is 0.175 e. The molecule has 4 nitrogen and oxygen atoms in total. The molecule has 122 valence electrons. The van der Waals surface area contributed by atoms with Gasteiger partial charge in [-0.2, -0.15) is 0 Å². The van der Waals surface area contributed by atoms with Gasteiger partial charge in [-0.25, -0.2) is 0 Å². The van der Waals surface area contributed by atoms with Gasteiger partial charge in [-0.15, -0.1) is 0 Å². The second kappa shape index (κ2) is 8.74. The Bertz CT molecular complexity index is 679. The summed E-state index contributed by atoms with van der Waals surface area (Å²) in [4.78, 5) is 0. The molecule has 2 N–H and O–H groups in total. The first-order valence-electron chi connectivity index (χ1n) is 7.35. The summed E-state index contributed by atoms with van der Waals surface area (Å²) >= 11 is 8.78. The Morgan fingerprint density at radius 1 is 0.957 bits per heavy atom. The summed E-state index contributed by atoms with van der Waals surface area (Å²) in [5, 5.41) is 6.80. The summed E-state index contributed by atoms with van der Waals surface area (Å²) in [5.41, 5.74) is 1.75. The standard InChI is InChI=1S/C17H19BrN2O2S/c1-3-21-15-9-8-14(11-16(15)22-4-2)20-17(23)19-13-7-5-6-12(18)10-13/h5-11H,3-4H2,1-2H3,(H2,19,20,23). The van der Waals surface area contributed by atoms with Gasteiger partial charge in [0.05, 0.1) is 13.2 Å². The summed E-state index contributed by atoms with van der Waals surface area (Å²) in [6.45, 7) is 5.05. The summed E-state index contributed by atoms with van der Waals surface area (Å²) in [7, 11) is 0. The van der Waals surface area contributed by atoms with Crippen LogP contribution in [0.4, 0.5) is 11.4 Å². The lowest BCUT2D eigenvalue weighted by Gasteiger charge is -2.14. The molecule has 0 amide bonds. The number of hydrogen-bond acceptors (Lipinski definition) is 3. The lowest BCUT2D eigenvalue weighted by molar-refractivity contribution is 0.288. The predicted molar refractivity (Wildman–Crippen MR) is 103 cm³/mol. The van der Waals surface area contributed by atoms with Crippen molar-refractivity contribution in [3.63, 3.8) is 0 Å². The van der Waals surface area contributed by atoms with Gasteiger partial charge in [-0.3, -0.25) is 0 Å². The maximum absolute atomic E-state index is 5.61. The van der Waals surface area contributed by atoms with Crippen LogP contribution >= 0.6 is 28.1 Å². The number of nitrogens with one attached hydrogen (secondary N) is 2. The highest BCUT2D eigenvalue weighted by Gasteiger charge is 2.07. The van der Waals surface area contributed by atoms with Crippen LogP contribution in [-0.4, -0.2) is 18.3 Å². The van der Waals surface area contributed by atoms with Gasteiger partial charge in [0.1, 0.15) is 0 Å². The maximum Gasteiger partial charge on any atom is 0.175 e. The molecule has 0 fully saturated rings. The minimum Gasteiger partial charge on any atom is -0.490 e. The van der Waals surface area contributed by atoms with E-state index in [2.05, 4.69) is 26.6 Å². The first-order valence-corrected chi connectivity index (χ1v) is 8.55. The molecular formula is C17H19BrN2O2S. The molecule has 0 radical (unpaired) electrons. The molecule has 6 heteroatoms. The van der Waals surface area contributed by atoms with Crippen LogP contribution in [0, 0.1) is 0 Å². The van der Waals surface area contributed by atoms with E-state index < -0.39 is 0 Å². The van der Waals surface area contributed by atoms with E-state index in [4.69, 9.17) is 21.7 Å². The highest BCUT2D eigenvalue weighted by molar-refractivity contribution is 9.10. The van der Waals surface area contributed by atoms with Gasteiger partial charge in [0.25, 0.3) is 0 Å². The quantitative estimate of drug-likeness (QED) is 0.670. The molecule has 0 saturated carbocycles. The highest BCUT2D eigenvalue weighted by atomic mass is 79.9. The largest absolute Gasteiger partial charge is 0.490 e. The van der Waals surface area contributed by atoms with E-state index in [0.717, 1.165) is 21.6 Å². The first-order chi connectivity index (χ1) is 11.1. The number of halogens is 1. The van der Waals surface area contributed by atoms with Crippen molar-refractivity contribution in [2.24, 2.45) is 0 Å².